The first-order chi connectivity index (χ1) is 15.7. The molecule has 0 amide bonds. The summed E-state index contributed by atoms with van der Waals surface area (Å²) < 4.78 is 19.7. The molecule has 0 bridgehead atoms. The second-order valence-electron chi connectivity index (χ2n) is 8.63. The van der Waals surface area contributed by atoms with Crippen LogP contribution in [0, 0.1) is 5.92 Å². The molecule has 3 rings (SSSR count). The van der Waals surface area contributed by atoms with Gasteiger partial charge in [0.25, 0.3) is 0 Å². The molecule has 3 aromatic rings. The maximum absolute atomic E-state index is 6.56. The zero-order chi connectivity index (χ0) is 22.5. The van der Waals surface area contributed by atoms with Gasteiger partial charge in [0.1, 0.15) is 0 Å². The van der Waals surface area contributed by atoms with E-state index in [4.69, 9.17) is 13.6 Å². The molecule has 0 aliphatic heterocycles. The second-order valence-corrected chi connectivity index (χ2v) is 11.1. The molecule has 0 atom stereocenters. The number of para-hydroxylation sites is 3. The second kappa shape index (κ2) is 13.1. The van der Waals surface area contributed by atoms with Crippen LogP contribution < -0.4 is 13.6 Å². The van der Waals surface area contributed by atoms with E-state index < -0.39 is 7.94 Å². The standard InChI is InChI=1S/C28H37O3P/c1-25(2)17-9-4-3-5-16-24-32(29-26-18-10-6-11-19-26,30-27-20-12-7-13-21-27)31-28-22-14-8-15-23-28/h6-8,10-15,18-23,25,32H,3-5,9,16-17,24H2,1-2H3. The Morgan fingerprint density at radius 1 is 0.531 bits per heavy atom. The van der Waals surface area contributed by atoms with E-state index in [1.165, 1.54) is 25.7 Å². The van der Waals surface area contributed by atoms with Crippen molar-refractivity contribution >= 4 is 7.94 Å². The van der Waals surface area contributed by atoms with E-state index in [2.05, 4.69) is 13.8 Å². The monoisotopic (exact) mass is 452 g/mol. The van der Waals surface area contributed by atoms with Crippen molar-refractivity contribution in [3.8, 4) is 17.2 Å². The van der Waals surface area contributed by atoms with Gasteiger partial charge in [-0.15, -0.1) is 0 Å². The first kappa shape index (κ1) is 24.1. The molecule has 0 saturated carbocycles. The van der Waals surface area contributed by atoms with E-state index in [1.807, 2.05) is 91.0 Å². The average Bonchev–Trinajstić information content (AvgIpc) is 2.80. The van der Waals surface area contributed by atoms with Crippen molar-refractivity contribution in [2.75, 3.05) is 6.16 Å². The topological polar surface area (TPSA) is 27.7 Å². The average molecular weight is 453 g/mol. The Bertz CT molecular complexity index is 768. The minimum atomic E-state index is -3.10. The van der Waals surface area contributed by atoms with Gasteiger partial charge in [0, 0.05) is 0 Å². The maximum atomic E-state index is 6.56. The van der Waals surface area contributed by atoms with Crippen LogP contribution in [-0.4, -0.2) is 6.16 Å². The molecule has 0 aliphatic carbocycles. The summed E-state index contributed by atoms with van der Waals surface area (Å²) in [6.07, 6.45) is 8.06. The molecule has 4 heteroatoms. The Hall–Kier alpha value is -2.51. The quantitative estimate of drug-likeness (QED) is 0.181. The molecule has 0 unspecified atom stereocenters. The van der Waals surface area contributed by atoms with Crippen LogP contribution in [0.3, 0.4) is 0 Å². The van der Waals surface area contributed by atoms with E-state index >= 15 is 0 Å². The van der Waals surface area contributed by atoms with Gasteiger partial charge in [0.05, 0.1) is 0 Å². The van der Waals surface area contributed by atoms with Gasteiger partial charge >= 0.3 is 194 Å². The number of hydrogen-bond acceptors (Lipinski definition) is 3. The zero-order valence-corrected chi connectivity index (χ0v) is 20.4. The molecular weight excluding hydrogens is 415 g/mol. The summed E-state index contributed by atoms with van der Waals surface area (Å²) in [5.74, 6) is 3.13. The summed E-state index contributed by atoms with van der Waals surface area (Å²) in [5, 5.41) is 0. The Morgan fingerprint density at radius 2 is 0.906 bits per heavy atom. The molecule has 0 fully saturated rings. The predicted molar refractivity (Wildman–Crippen MR) is 137 cm³/mol. The van der Waals surface area contributed by atoms with Crippen LogP contribution in [-0.2, 0) is 0 Å². The van der Waals surface area contributed by atoms with Crippen molar-refractivity contribution in [3.05, 3.63) is 91.0 Å². The van der Waals surface area contributed by atoms with Crippen molar-refractivity contribution in [1.29, 1.82) is 0 Å². The summed E-state index contributed by atoms with van der Waals surface area (Å²) in [6, 6.07) is 29.7. The Morgan fingerprint density at radius 3 is 1.31 bits per heavy atom. The van der Waals surface area contributed by atoms with Gasteiger partial charge in [0.2, 0.25) is 0 Å². The van der Waals surface area contributed by atoms with E-state index in [0.717, 1.165) is 42.2 Å². The number of rotatable bonds is 14. The van der Waals surface area contributed by atoms with Gasteiger partial charge in [-0.1, -0.05) is 0 Å². The van der Waals surface area contributed by atoms with Crippen molar-refractivity contribution in [3.63, 3.8) is 0 Å². The molecule has 172 valence electrons. The molecule has 0 aromatic heterocycles. The Labute approximate surface area is 194 Å². The van der Waals surface area contributed by atoms with E-state index in [1.54, 1.807) is 0 Å². The third kappa shape index (κ3) is 8.55. The van der Waals surface area contributed by atoms with Crippen LogP contribution in [0.2, 0.25) is 0 Å². The molecule has 3 nitrogen and oxygen atoms in total. The summed E-state index contributed by atoms with van der Waals surface area (Å²) in [4.78, 5) is 0. The predicted octanol–water partition coefficient (Wildman–Crippen LogP) is 8.71. The third-order valence-electron chi connectivity index (χ3n) is 5.31. The van der Waals surface area contributed by atoms with E-state index in [0.29, 0.717) is 0 Å². The fourth-order valence-electron chi connectivity index (χ4n) is 3.64. The first-order valence-electron chi connectivity index (χ1n) is 11.9. The van der Waals surface area contributed by atoms with Gasteiger partial charge in [-0.05, 0) is 0 Å². The Balaban J connectivity index is 1.75. The molecule has 0 N–H and O–H groups in total. The molecule has 3 aromatic carbocycles. The third-order valence-corrected chi connectivity index (χ3v) is 7.92. The van der Waals surface area contributed by atoms with Gasteiger partial charge in [-0.25, -0.2) is 0 Å². The van der Waals surface area contributed by atoms with Crippen LogP contribution in [0.25, 0.3) is 0 Å². The molecule has 0 radical (unpaired) electrons. The van der Waals surface area contributed by atoms with Gasteiger partial charge < -0.3 is 0 Å². The normalized spacial score (nSPS) is 11.8. The van der Waals surface area contributed by atoms with Crippen molar-refractivity contribution in [2.24, 2.45) is 5.92 Å². The number of unbranched alkanes of at least 4 members (excludes halogenated alkanes) is 4. The summed E-state index contributed by atoms with van der Waals surface area (Å²) in [7, 11) is -3.10. The van der Waals surface area contributed by atoms with Crippen LogP contribution in [0.1, 0.15) is 52.4 Å². The molecular formula is C28H37O3P. The number of hydrogen-bond donors (Lipinski definition) is 0. The minimum absolute atomic E-state index is 0.760. The zero-order valence-electron chi connectivity index (χ0n) is 19.4. The summed E-state index contributed by atoms with van der Waals surface area (Å²) >= 11 is 0. The van der Waals surface area contributed by atoms with Crippen LogP contribution >= 0.6 is 7.94 Å². The van der Waals surface area contributed by atoms with Crippen LogP contribution in [0.5, 0.6) is 17.2 Å². The molecule has 0 saturated heterocycles. The van der Waals surface area contributed by atoms with E-state index in [9.17, 15) is 0 Å². The molecule has 0 aliphatic rings. The SMILES string of the molecule is CC(C)CCCCCCC[PH](Oc1ccccc1)(Oc1ccccc1)Oc1ccccc1. The fraction of sp³-hybridized carbons (Fsp3) is 0.357. The molecule has 32 heavy (non-hydrogen) atoms. The summed E-state index contributed by atoms with van der Waals surface area (Å²) in [6.45, 7) is 4.59. The van der Waals surface area contributed by atoms with Gasteiger partial charge in [-0.2, -0.15) is 0 Å². The fourth-order valence-corrected chi connectivity index (χ4v) is 6.24. The van der Waals surface area contributed by atoms with E-state index in [-0.39, 0.29) is 0 Å². The molecule has 0 heterocycles. The molecule has 0 spiro atoms. The van der Waals surface area contributed by atoms with Crippen LogP contribution in [0.4, 0.5) is 0 Å². The van der Waals surface area contributed by atoms with Crippen molar-refractivity contribution in [1.82, 2.24) is 0 Å². The van der Waals surface area contributed by atoms with Crippen molar-refractivity contribution in [2.45, 2.75) is 52.4 Å². The van der Waals surface area contributed by atoms with Crippen LogP contribution in [0.15, 0.2) is 91.0 Å². The van der Waals surface area contributed by atoms with Crippen molar-refractivity contribution < 1.29 is 13.6 Å². The first-order valence-corrected chi connectivity index (χ1v) is 13.8. The summed E-state index contributed by atoms with van der Waals surface area (Å²) in [5.41, 5.74) is 0. The van der Waals surface area contributed by atoms with Gasteiger partial charge in [-0.3, -0.25) is 0 Å². The van der Waals surface area contributed by atoms with Gasteiger partial charge in [0.15, 0.2) is 0 Å². The Kier molecular flexibility index (Phi) is 9.91. The number of benzene rings is 3.